The summed E-state index contributed by atoms with van der Waals surface area (Å²) < 4.78 is 12.5. The fraction of sp³-hybridized carbons (Fsp3) is 0.364. The summed E-state index contributed by atoms with van der Waals surface area (Å²) in [5.74, 6) is -0.940. The third-order valence-electron chi connectivity index (χ3n) is 4.93. The van der Waals surface area contributed by atoms with Gasteiger partial charge in [0.25, 0.3) is 0 Å². The van der Waals surface area contributed by atoms with Crippen molar-refractivity contribution in [2.75, 3.05) is 20.3 Å². The first-order valence-electron chi connectivity index (χ1n) is 9.70. The van der Waals surface area contributed by atoms with Gasteiger partial charge in [0.15, 0.2) is 12.3 Å². The van der Waals surface area contributed by atoms with Crippen LogP contribution in [0.3, 0.4) is 0 Å². The Morgan fingerprint density at radius 2 is 1.80 bits per heavy atom. The highest BCUT2D eigenvalue weighted by Gasteiger charge is 2.22. The average Bonchev–Trinajstić information content (AvgIpc) is 3.26. The predicted octanol–water partition coefficient (Wildman–Crippen LogP) is 3.24. The quantitative estimate of drug-likeness (QED) is 0.418. The fourth-order valence-electron chi connectivity index (χ4n) is 3.57. The summed E-state index contributed by atoms with van der Waals surface area (Å²) in [5.41, 5.74) is 3.56. The molecule has 0 saturated carbocycles. The van der Waals surface area contributed by atoms with Crippen LogP contribution >= 0.6 is 0 Å². The molecule has 0 aliphatic heterocycles. The first-order chi connectivity index (χ1) is 14.3. The number of methoxy groups -OCH3 is 1. The number of esters is 1. The molecule has 0 amide bonds. The Bertz CT molecular complexity index is 1050. The molecule has 8 heteroatoms. The Morgan fingerprint density at radius 1 is 1.10 bits per heavy atom. The van der Waals surface area contributed by atoms with Crippen molar-refractivity contribution in [3.05, 3.63) is 64.7 Å². The molecule has 0 aliphatic carbocycles. The molecule has 158 valence electrons. The van der Waals surface area contributed by atoms with Crippen molar-refractivity contribution in [1.29, 1.82) is 0 Å². The summed E-state index contributed by atoms with van der Waals surface area (Å²) in [5, 5.41) is 8.47. The number of nitrogens with zero attached hydrogens (tertiary/aromatic N) is 4. The van der Waals surface area contributed by atoms with Crippen LogP contribution in [0.4, 0.5) is 0 Å². The summed E-state index contributed by atoms with van der Waals surface area (Å²) in [6, 6.07) is 11.2. The van der Waals surface area contributed by atoms with E-state index in [9.17, 15) is 9.59 Å². The van der Waals surface area contributed by atoms with Gasteiger partial charge in [0.1, 0.15) is 0 Å². The number of aromatic nitrogens is 4. The molecule has 0 saturated heterocycles. The van der Waals surface area contributed by atoms with E-state index < -0.39 is 5.97 Å². The molecule has 2 aromatic heterocycles. The Hall–Kier alpha value is -3.26. The second-order valence-corrected chi connectivity index (χ2v) is 7.22. The van der Waals surface area contributed by atoms with E-state index in [4.69, 9.17) is 9.47 Å². The molecule has 3 aromatic rings. The minimum Gasteiger partial charge on any atom is -0.452 e. The lowest BCUT2D eigenvalue weighted by molar-refractivity contribution is 0.0467. The lowest BCUT2D eigenvalue weighted by atomic mass is 10.1. The van der Waals surface area contributed by atoms with E-state index in [-0.39, 0.29) is 24.1 Å². The molecular formula is C22H26N4O4. The zero-order valence-corrected chi connectivity index (χ0v) is 17.9. The molecule has 0 aliphatic rings. The van der Waals surface area contributed by atoms with Crippen molar-refractivity contribution in [3.63, 3.8) is 0 Å². The van der Waals surface area contributed by atoms with Gasteiger partial charge in [0.05, 0.1) is 24.0 Å². The maximum atomic E-state index is 12.7. The van der Waals surface area contributed by atoms with Crippen LogP contribution in [0.15, 0.2) is 36.4 Å². The summed E-state index contributed by atoms with van der Waals surface area (Å²) >= 11 is 0. The van der Waals surface area contributed by atoms with Crippen LogP contribution in [0.25, 0.3) is 5.69 Å². The molecule has 1 atom stereocenters. The second-order valence-electron chi connectivity index (χ2n) is 7.22. The molecule has 1 unspecified atom stereocenters. The summed E-state index contributed by atoms with van der Waals surface area (Å²) in [7, 11) is 1.64. The fourth-order valence-corrected chi connectivity index (χ4v) is 3.57. The largest absolute Gasteiger partial charge is 0.452 e. The van der Waals surface area contributed by atoms with E-state index in [2.05, 4.69) is 10.2 Å². The predicted molar refractivity (Wildman–Crippen MR) is 111 cm³/mol. The van der Waals surface area contributed by atoms with Gasteiger partial charge in [-0.05, 0) is 45.9 Å². The molecule has 0 radical (unpaired) electrons. The Kier molecular flexibility index (Phi) is 6.47. The number of ether oxygens (including phenoxy) is 2. The van der Waals surface area contributed by atoms with Gasteiger partial charge in [-0.1, -0.05) is 18.2 Å². The van der Waals surface area contributed by atoms with E-state index >= 15 is 0 Å². The molecule has 8 nitrogen and oxygen atoms in total. The Balaban J connectivity index is 1.71. The minimum atomic E-state index is -0.676. The van der Waals surface area contributed by atoms with Crippen molar-refractivity contribution < 1.29 is 19.1 Å². The van der Waals surface area contributed by atoms with E-state index in [1.807, 2.05) is 61.7 Å². The van der Waals surface area contributed by atoms with Crippen molar-refractivity contribution >= 4 is 11.8 Å². The zero-order valence-electron chi connectivity index (χ0n) is 17.9. The summed E-state index contributed by atoms with van der Waals surface area (Å²) in [4.78, 5) is 26.6. The van der Waals surface area contributed by atoms with Gasteiger partial charge >= 0.3 is 5.97 Å². The van der Waals surface area contributed by atoms with Gasteiger partial charge in [0.2, 0.25) is 5.78 Å². The van der Waals surface area contributed by atoms with Crippen LogP contribution in [0.5, 0.6) is 0 Å². The lowest BCUT2D eigenvalue weighted by Gasteiger charge is -2.17. The molecule has 0 N–H and O–H groups in total. The van der Waals surface area contributed by atoms with E-state index in [1.165, 1.54) is 4.80 Å². The SMILES string of the molecule is COCC(C)n1c(C)cc(C(=O)COC(=O)c2nn(-c3ccccc3)nc2C)c1C. The van der Waals surface area contributed by atoms with Crippen LogP contribution in [0.1, 0.15) is 50.9 Å². The monoisotopic (exact) mass is 410 g/mol. The molecule has 0 bridgehead atoms. The van der Waals surface area contributed by atoms with E-state index in [0.717, 1.165) is 17.1 Å². The van der Waals surface area contributed by atoms with E-state index in [1.54, 1.807) is 14.0 Å². The summed E-state index contributed by atoms with van der Waals surface area (Å²) in [6.07, 6.45) is 0. The number of para-hydroxylation sites is 1. The molecule has 0 spiro atoms. The van der Waals surface area contributed by atoms with Crippen molar-refractivity contribution in [2.45, 2.75) is 33.7 Å². The van der Waals surface area contributed by atoms with Crippen molar-refractivity contribution in [1.82, 2.24) is 19.6 Å². The number of ketones is 1. The Morgan fingerprint density at radius 3 is 2.47 bits per heavy atom. The van der Waals surface area contributed by atoms with Crippen LogP contribution in [-0.4, -0.2) is 51.6 Å². The van der Waals surface area contributed by atoms with Crippen LogP contribution < -0.4 is 0 Å². The summed E-state index contributed by atoms with van der Waals surface area (Å²) in [6.45, 7) is 7.69. The number of aryl methyl sites for hydroxylation is 2. The number of Topliss-reactive ketones (excluding diaryl/α,β-unsaturated/α-hetero) is 1. The number of carbonyl (C=O) groups is 2. The maximum absolute atomic E-state index is 12.7. The van der Waals surface area contributed by atoms with Gasteiger partial charge in [-0.3, -0.25) is 4.79 Å². The number of hydrogen-bond acceptors (Lipinski definition) is 6. The van der Waals surface area contributed by atoms with Crippen molar-refractivity contribution in [2.24, 2.45) is 0 Å². The number of rotatable bonds is 8. The maximum Gasteiger partial charge on any atom is 0.361 e. The normalized spacial score (nSPS) is 12.0. The lowest BCUT2D eigenvalue weighted by Crippen LogP contribution is -2.17. The van der Waals surface area contributed by atoms with Gasteiger partial charge in [-0.15, -0.1) is 5.10 Å². The smallest absolute Gasteiger partial charge is 0.361 e. The molecule has 0 fully saturated rings. The minimum absolute atomic E-state index is 0.0887. The van der Waals surface area contributed by atoms with Gasteiger partial charge in [0, 0.05) is 24.1 Å². The van der Waals surface area contributed by atoms with Crippen molar-refractivity contribution in [3.8, 4) is 5.69 Å². The van der Waals surface area contributed by atoms with Crippen LogP contribution in [-0.2, 0) is 9.47 Å². The van der Waals surface area contributed by atoms with Gasteiger partial charge in [-0.2, -0.15) is 9.90 Å². The highest BCUT2D eigenvalue weighted by molar-refractivity contribution is 6.00. The van der Waals surface area contributed by atoms with E-state index in [0.29, 0.717) is 17.9 Å². The number of benzene rings is 1. The molecular weight excluding hydrogens is 384 g/mol. The third kappa shape index (κ3) is 4.33. The zero-order chi connectivity index (χ0) is 21.8. The third-order valence-corrected chi connectivity index (χ3v) is 4.93. The molecule has 3 rings (SSSR count). The van der Waals surface area contributed by atoms with Crippen LogP contribution in [0.2, 0.25) is 0 Å². The number of carbonyl (C=O) groups excluding carboxylic acids is 2. The second kappa shape index (κ2) is 9.04. The topological polar surface area (TPSA) is 88.2 Å². The molecule has 2 heterocycles. The Labute approximate surface area is 175 Å². The van der Waals surface area contributed by atoms with Crippen LogP contribution in [0, 0.1) is 20.8 Å². The number of hydrogen-bond donors (Lipinski definition) is 0. The van der Waals surface area contributed by atoms with Gasteiger partial charge in [-0.25, -0.2) is 4.79 Å². The molecule has 1 aromatic carbocycles. The highest BCUT2D eigenvalue weighted by atomic mass is 16.5. The first-order valence-corrected chi connectivity index (χ1v) is 9.70. The van der Waals surface area contributed by atoms with Gasteiger partial charge < -0.3 is 14.0 Å². The first kappa shape index (κ1) is 21.4. The molecule has 30 heavy (non-hydrogen) atoms. The average molecular weight is 410 g/mol. The standard InChI is InChI=1S/C22H26N4O4/c1-14-11-19(17(4)25(14)15(2)12-29-5)20(27)13-30-22(28)21-16(3)23-26(24-21)18-9-7-6-8-10-18/h6-11,15H,12-13H2,1-5H3. The highest BCUT2D eigenvalue weighted by Crippen LogP contribution is 2.21.